The number of piperazine rings is 1. The highest BCUT2D eigenvalue weighted by Crippen LogP contribution is 2.48. The average molecular weight is 688 g/mol. The Morgan fingerprint density at radius 2 is 1.35 bits per heavy atom. The van der Waals surface area contributed by atoms with Crippen molar-refractivity contribution in [2.45, 2.75) is 115 Å². The number of carbonyl (C=O) groups excluding carboxylic acids is 3. The molecule has 0 unspecified atom stereocenters. The van der Waals surface area contributed by atoms with E-state index >= 15 is 0 Å². The fourth-order valence-electron chi connectivity index (χ4n) is 7.51. The lowest BCUT2D eigenvalue weighted by Crippen LogP contribution is -2.69. The van der Waals surface area contributed by atoms with E-state index in [4.69, 9.17) is 9.16 Å². The maximum absolute atomic E-state index is 14.6. The van der Waals surface area contributed by atoms with Crippen molar-refractivity contribution in [3.63, 3.8) is 0 Å². The molecule has 2 aromatic rings. The SMILES string of the molecule is C[C@H]1CN(C(=O)C(F)(F)F)C2(CC2)CN1C(=O)[C@@H]1C[C@](C)(O[Si](c2ccccc2)(c2ccccc2)C(C)(C)C)CN1C(=O)OC(C)(C)C. The number of benzene rings is 2. The van der Waals surface area contributed by atoms with Gasteiger partial charge < -0.3 is 19.0 Å². The van der Waals surface area contributed by atoms with Gasteiger partial charge in [0.25, 0.3) is 8.32 Å². The van der Waals surface area contributed by atoms with Crippen LogP contribution in [0.15, 0.2) is 60.7 Å². The highest BCUT2D eigenvalue weighted by Gasteiger charge is 2.62. The minimum atomic E-state index is -5.00. The molecule has 1 spiro atoms. The molecule has 8 nitrogen and oxygen atoms in total. The van der Waals surface area contributed by atoms with E-state index in [-0.39, 0.29) is 37.0 Å². The van der Waals surface area contributed by atoms with Gasteiger partial charge in [0.1, 0.15) is 11.6 Å². The summed E-state index contributed by atoms with van der Waals surface area (Å²) in [6.07, 6.45) is -4.74. The third-order valence-corrected chi connectivity index (χ3v) is 15.1. The van der Waals surface area contributed by atoms with Crippen molar-refractivity contribution >= 4 is 36.6 Å². The Labute approximate surface area is 282 Å². The van der Waals surface area contributed by atoms with Crippen LogP contribution in [-0.4, -0.2) is 95.6 Å². The molecule has 5 rings (SSSR count). The first-order chi connectivity index (χ1) is 22.1. The molecule has 2 aromatic carbocycles. The Bertz CT molecular complexity index is 1480. The second-order valence-corrected chi connectivity index (χ2v) is 20.2. The maximum atomic E-state index is 14.6. The molecule has 3 aliphatic rings. The molecule has 3 atom stereocenters. The summed E-state index contributed by atoms with van der Waals surface area (Å²) in [4.78, 5) is 44.7. The maximum Gasteiger partial charge on any atom is 0.471 e. The first-order valence-electron chi connectivity index (χ1n) is 16.6. The number of alkyl halides is 3. The number of likely N-dealkylation sites (tertiary alicyclic amines) is 1. The second kappa shape index (κ2) is 12.2. The van der Waals surface area contributed by atoms with E-state index in [2.05, 4.69) is 45.0 Å². The van der Waals surface area contributed by atoms with Crippen LogP contribution in [0.1, 0.15) is 74.7 Å². The third kappa shape index (κ3) is 6.74. The van der Waals surface area contributed by atoms with E-state index in [1.807, 2.05) is 43.3 Å². The lowest BCUT2D eigenvalue weighted by Gasteiger charge is -2.48. The van der Waals surface area contributed by atoms with Crippen LogP contribution in [0.3, 0.4) is 0 Å². The lowest BCUT2D eigenvalue weighted by atomic mass is 9.99. The summed E-state index contributed by atoms with van der Waals surface area (Å²) in [7, 11) is -3.12. The van der Waals surface area contributed by atoms with Crippen molar-refractivity contribution in [1.82, 2.24) is 14.7 Å². The molecule has 262 valence electrons. The predicted molar refractivity (Wildman–Crippen MR) is 179 cm³/mol. The summed E-state index contributed by atoms with van der Waals surface area (Å²) in [6, 6.07) is 18.5. The van der Waals surface area contributed by atoms with Crippen LogP contribution in [0.5, 0.6) is 0 Å². The van der Waals surface area contributed by atoms with Crippen molar-refractivity contribution in [2.24, 2.45) is 0 Å². The Balaban J connectivity index is 1.53. The molecule has 0 aromatic heterocycles. The van der Waals surface area contributed by atoms with Gasteiger partial charge in [-0.15, -0.1) is 0 Å². The van der Waals surface area contributed by atoms with E-state index in [0.717, 1.165) is 15.3 Å². The van der Waals surface area contributed by atoms with Gasteiger partial charge in [0.05, 0.1) is 17.7 Å². The van der Waals surface area contributed by atoms with E-state index in [0.29, 0.717) is 12.8 Å². The van der Waals surface area contributed by atoms with Gasteiger partial charge in [0.2, 0.25) is 5.91 Å². The topological polar surface area (TPSA) is 79.4 Å². The first-order valence-corrected chi connectivity index (χ1v) is 18.5. The molecule has 0 radical (unpaired) electrons. The molecule has 2 aliphatic heterocycles. The van der Waals surface area contributed by atoms with Gasteiger partial charge in [-0.2, -0.15) is 13.2 Å². The zero-order valence-electron chi connectivity index (χ0n) is 29.2. The first kappa shape index (κ1) is 35.9. The van der Waals surface area contributed by atoms with Crippen molar-refractivity contribution in [1.29, 1.82) is 0 Å². The molecule has 0 N–H and O–H groups in total. The van der Waals surface area contributed by atoms with Crippen molar-refractivity contribution < 1.29 is 36.7 Å². The summed E-state index contributed by atoms with van der Waals surface area (Å²) in [6.45, 7) is 15.1. The van der Waals surface area contributed by atoms with Crippen LogP contribution in [-0.2, 0) is 18.8 Å². The summed E-state index contributed by atoms with van der Waals surface area (Å²) in [5.41, 5.74) is -2.88. The predicted octanol–water partition coefficient (Wildman–Crippen LogP) is 5.49. The number of nitrogens with zero attached hydrogens (tertiary/aromatic N) is 3. The summed E-state index contributed by atoms with van der Waals surface area (Å²) < 4.78 is 53.9. The number of hydrogen-bond donors (Lipinski definition) is 0. The monoisotopic (exact) mass is 687 g/mol. The molecule has 12 heteroatoms. The standard InChI is InChI=1S/C36H48F3N3O5Si/c1-25-22-42(30(44)36(37,38)39)35(19-20-35)24-40(25)29(43)28-21-34(8,23-41(28)31(45)46-32(2,3)4)47-48(33(5,6)7,26-15-11-9-12-16-26)27-17-13-10-14-18-27/h9-18,25,28H,19-24H2,1-8H3/t25-,28-,34-/m0/s1. The largest absolute Gasteiger partial charge is 0.471 e. The van der Waals surface area contributed by atoms with Crippen molar-refractivity contribution in [3.8, 4) is 0 Å². The van der Waals surface area contributed by atoms with Crippen LogP contribution in [0.4, 0.5) is 18.0 Å². The normalized spacial score (nSPS) is 24.5. The van der Waals surface area contributed by atoms with Crippen LogP contribution in [0.2, 0.25) is 5.04 Å². The van der Waals surface area contributed by atoms with Crippen LogP contribution < -0.4 is 10.4 Å². The minimum absolute atomic E-state index is 0.0280. The molecule has 3 fully saturated rings. The molecular formula is C36H48F3N3O5Si. The van der Waals surface area contributed by atoms with E-state index in [1.165, 1.54) is 4.90 Å². The van der Waals surface area contributed by atoms with E-state index in [1.54, 1.807) is 32.6 Å². The average Bonchev–Trinajstić information content (AvgIpc) is 3.67. The van der Waals surface area contributed by atoms with Gasteiger partial charge in [0.15, 0.2) is 0 Å². The number of halogens is 3. The van der Waals surface area contributed by atoms with Crippen molar-refractivity contribution in [3.05, 3.63) is 60.7 Å². The van der Waals surface area contributed by atoms with E-state index < -0.39 is 55.3 Å². The molecule has 1 aliphatic carbocycles. The Morgan fingerprint density at radius 1 is 0.833 bits per heavy atom. The molecule has 3 amide bonds. The fourth-order valence-corrected chi connectivity index (χ4v) is 12.3. The van der Waals surface area contributed by atoms with Crippen LogP contribution >= 0.6 is 0 Å². The Morgan fingerprint density at radius 3 is 1.79 bits per heavy atom. The number of carbonyl (C=O) groups is 3. The molecule has 1 saturated carbocycles. The Hall–Kier alpha value is -3.38. The number of amides is 3. The quantitative estimate of drug-likeness (QED) is 0.389. The van der Waals surface area contributed by atoms with Gasteiger partial charge in [-0.05, 0) is 62.9 Å². The zero-order valence-corrected chi connectivity index (χ0v) is 30.2. The molecule has 48 heavy (non-hydrogen) atoms. The summed E-state index contributed by atoms with van der Waals surface area (Å²) in [5, 5.41) is 1.74. The lowest BCUT2D eigenvalue weighted by molar-refractivity contribution is -0.193. The second-order valence-electron chi connectivity index (χ2n) is 16.0. The minimum Gasteiger partial charge on any atom is -0.444 e. The smallest absolute Gasteiger partial charge is 0.444 e. The molecule has 0 bridgehead atoms. The molecular weight excluding hydrogens is 639 g/mol. The fraction of sp³-hybridized carbons (Fsp3) is 0.583. The number of rotatable bonds is 5. The van der Waals surface area contributed by atoms with Gasteiger partial charge >= 0.3 is 18.2 Å². The van der Waals surface area contributed by atoms with Gasteiger partial charge in [-0.3, -0.25) is 14.5 Å². The number of hydrogen-bond acceptors (Lipinski definition) is 5. The highest BCUT2D eigenvalue weighted by atomic mass is 28.4. The van der Waals surface area contributed by atoms with Gasteiger partial charge in [-0.1, -0.05) is 81.4 Å². The van der Waals surface area contributed by atoms with Gasteiger partial charge in [0, 0.05) is 25.6 Å². The van der Waals surface area contributed by atoms with Gasteiger partial charge in [-0.25, -0.2) is 4.79 Å². The number of ether oxygens (including phenoxy) is 1. The summed E-state index contributed by atoms with van der Waals surface area (Å²) in [5.74, 6) is -2.25. The zero-order chi connectivity index (χ0) is 35.5. The van der Waals surface area contributed by atoms with Crippen LogP contribution in [0.25, 0.3) is 0 Å². The molecule has 2 saturated heterocycles. The summed E-state index contributed by atoms with van der Waals surface area (Å²) >= 11 is 0. The third-order valence-electron chi connectivity index (χ3n) is 9.85. The molecule has 2 heterocycles. The highest BCUT2D eigenvalue weighted by molar-refractivity contribution is 6.99. The van der Waals surface area contributed by atoms with E-state index in [9.17, 15) is 27.6 Å². The van der Waals surface area contributed by atoms with Crippen LogP contribution in [0, 0.1) is 0 Å². The Kier molecular flexibility index (Phi) is 9.12. The van der Waals surface area contributed by atoms with Crippen molar-refractivity contribution in [2.75, 3.05) is 19.6 Å².